The maximum atomic E-state index is 12.1. The van der Waals surface area contributed by atoms with Gasteiger partial charge >= 0.3 is 0 Å². The molecule has 0 atom stereocenters. The number of nitrogens with two attached hydrogens (primary N) is 1. The van der Waals surface area contributed by atoms with Gasteiger partial charge in [0.05, 0.1) is 6.61 Å². The van der Waals surface area contributed by atoms with E-state index in [1.54, 1.807) is 0 Å². The van der Waals surface area contributed by atoms with Crippen LogP contribution in [0.25, 0.3) is 0 Å². The highest BCUT2D eigenvalue weighted by Gasteiger charge is 2.09. The number of hydrogen-bond donors (Lipinski definition) is 2. The lowest BCUT2D eigenvalue weighted by Crippen LogP contribution is -2.02. The topological polar surface area (TPSA) is 80.4 Å². The summed E-state index contributed by atoms with van der Waals surface area (Å²) in [6, 6.07) is 0. The molecule has 0 aliphatic rings. The van der Waals surface area contributed by atoms with Gasteiger partial charge in [-0.1, -0.05) is 141 Å². The Hall–Kier alpha value is -0.830. The minimum atomic E-state index is -0.0943. The number of carbonyl (C=O) groups is 2. The summed E-state index contributed by atoms with van der Waals surface area (Å²) in [6.07, 6.45) is 43.7. The maximum Gasteiger partial charge on any atom is 0.158 e. The van der Waals surface area contributed by atoms with Crippen LogP contribution in [-0.2, 0) is 9.59 Å². The second-order valence-electron chi connectivity index (χ2n) is 12.2. The van der Waals surface area contributed by atoms with Gasteiger partial charge < -0.3 is 10.8 Å². The molecule has 0 aliphatic carbocycles. The largest absolute Gasteiger partial charge is 0.395 e. The number of rotatable bonds is 33. The van der Waals surface area contributed by atoms with E-state index >= 15 is 0 Å². The molecule has 0 saturated heterocycles. The Bertz CT molecular complexity index is 568. The summed E-state index contributed by atoms with van der Waals surface area (Å²) in [6.45, 7) is 5.01. The monoisotopic (exact) mass is 624 g/mol. The third-order valence-electron chi connectivity index (χ3n) is 7.74. The molecule has 0 radical (unpaired) electrons. The highest BCUT2D eigenvalue weighted by Crippen LogP contribution is 2.22. The van der Waals surface area contributed by atoms with Gasteiger partial charge in [-0.05, 0) is 64.2 Å². The van der Waals surface area contributed by atoms with Gasteiger partial charge in [0.1, 0.15) is 0 Å². The summed E-state index contributed by atoms with van der Waals surface area (Å²) in [4.78, 5) is 24.2. The van der Waals surface area contributed by atoms with Gasteiger partial charge in [0, 0.05) is 28.0 Å². The van der Waals surface area contributed by atoms with Crippen molar-refractivity contribution in [2.45, 2.75) is 194 Å². The molecule has 0 rings (SSSR count). The number of aliphatic hydroxyl groups excluding tert-OH is 1. The van der Waals surface area contributed by atoms with Gasteiger partial charge in [0.2, 0.25) is 0 Å². The van der Waals surface area contributed by atoms with E-state index in [1.165, 1.54) is 141 Å². The summed E-state index contributed by atoms with van der Waals surface area (Å²) in [7, 11) is -0.0943. The van der Waals surface area contributed by atoms with Gasteiger partial charge in [-0.2, -0.15) is 0 Å². The summed E-state index contributed by atoms with van der Waals surface area (Å²) >= 11 is 0. The van der Waals surface area contributed by atoms with Crippen LogP contribution in [-0.4, -0.2) is 29.3 Å². The van der Waals surface area contributed by atoms with Gasteiger partial charge in [0.25, 0.3) is 0 Å². The highest BCUT2D eigenvalue weighted by molar-refractivity contribution is 7.73. The molecular formula is C38H74NO3P. The third-order valence-corrected chi connectivity index (χ3v) is 8.80. The molecule has 5 heteroatoms. The lowest BCUT2D eigenvalue weighted by Gasteiger charge is -2.03. The van der Waals surface area contributed by atoms with Crippen LogP contribution in [0.15, 0.2) is 24.3 Å². The fourth-order valence-electron chi connectivity index (χ4n) is 4.99. The van der Waals surface area contributed by atoms with Crippen molar-refractivity contribution in [3.05, 3.63) is 24.3 Å². The second kappa shape index (κ2) is 41.2. The molecule has 0 aromatic rings. The number of carbonyl (C=O) groups excluding carboxylic acids is 2. The molecule has 3 N–H and O–H groups in total. The first-order valence-electron chi connectivity index (χ1n) is 18.6. The Morgan fingerprint density at radius 1 is 0.488 bits per heavy atom. The average Bonchev–Trinajstić information content (AvgIpc) is 3.01. The maximum absolute atomic E-state index is 12.1. The zero-order chi connectivity index (χ0) is 31.9. The van der Waals surface area contributed by atoms with Crippen molar-refractivity contribution >= 4 is 19.6 Å². The molecule has 0 heterocycles. The lowest BCUT2D eigenvalue weighted by molar-refractivity contribution is -0.113. The number of allylic oxidation sites excluding steroid dienone is 4. The number of aliphatic hydroxyl groups is 1. The minimum Gasteiger partial charge on any atom is -0.395 e. The fourth-order valence-corrected chi connectivity index (χ4v) is 5.91. The van der Waals surface area contributed by atoms with Crippen molar-refractivity contribution < 1.29 is 14.7 Å². The standard InChI is InChI=1S/C36H67O2P.C2H7NO/c1-3-5-7-9-11-13-15-17-19-21-23-25-27-29-31-33-35(37)39-36(38)34-32-30-28-26-24-22-20-18-16-14-12-10-8-6-4-2;3-1-2-4/h17-20,39H,3-16,21-34H2,1-2H3;4H,1-3H2/b19-17-,20-18-;. The van der Waals surface area contributed by atoms with Crippen molar-refractivity contribution in [2.24, 2.45) is 5.73 Å². The molecule has 0 amide bonds. The first-order chi connectivity index (χ1) is 21.1. The van der Waals surface area contributed by atoms with Crippen molar-refractivity contribution in [3.63, 3.8) is 0 Å². The molecule has 0 unspecified atom stereocenters. The molecule has 4 nitrogen and oxygen atoms in total. The third kappa shape index (κ3) is 43.4. The van der Waals surface area contributed by atoms with Crippen molar-refractivity contribution in [3.8, 4) is 0 Å². The first kappa shape index (κ1) is 44.3. The van der Waals surface area contributed by atoms with E-state index in [-0.39, 0.29) is 26.2 Å². The Morgan fingerprint density at radius 2 is 0.744 bits per heavy atom. The van der Waals surface area contributed by atoms with Crippen LogP contribution < -0.4 is 5.73 Å². The van der Waals surface area contributed by atoms with Crippen molar-refractivity contribution in [1.82, 2.24) is 0 Å². The minimum absolute atomic E-state index is 0.0943. The average molecular weight is 624 g/mol. The van der Waals surface area contributed by atoms with E-state index in [9.17, 15) is 9.59 Å². The summed E-state index contributed by atoms with van der Waals surface area (Å²) in [5, 5.41) is 7.75. The molecule has 0 saturated carbocycles. The lowest BCUT2D eigenvalue weighted by atomic mass is 10.1. The van der Waals surface area contributed by atoms with Gasteiger partial charge in [-0.15, -0.1) is 0 Å². The normalized spacial score (nSPS) is 11.3. The molecule has 0 aromatic heterocycles. The molecule has 0 aliphatic heterocycles. The van der Waals surface area contributed by atoms with E-state index in [0.29, 0.717) is 19.4 Å². The fraction of sp³-hybridized carbons (Fsp3) is 0.842. The molecule has 0 bridgehead atoms. The molecule has 0 spiro atoms. The number of hydrogen-bond acceptors (Lipinski definition) is 4. The van der Waals surface area contributed by atoms with Crippen molar-refractivity contribution in [2.75, 3.05) is 13.2 Å². The smallest absolute Gasteiger partial charge is 0.158 e. The molecule has 0 fully saturated rings. The van der Waals surface area contributed by atoms with Crippen LogP contribution in [0, 0.1) is 0 Å². The SMILES string of the molecule is CCCCCCCC/C=C\CCCCCCCC(=O)PC(=O)CCCCCCC/C=C\CCCCCCCC.NCCO. The van der Waals surface area contributed by atoms with Gasteiger partial charge in [-0.25, -0.2) is 0 Å². The molecule has 254 valence electrons. The van der Waals surface area contributed by atoms with E-state index in [2.05, 4.69) is 38.2 Å². The summed E-state index contributed by atoms with van der Waals surface area (Å²) in [5.41, 5.74) is 5.15. The highest BCUT2D eigenvalue weighted by atomic mass is 31.1. The van der Waals surface area contributed by atoms with Crippen LogP contribution in [0.5, 0.6) is 0 Å². The first-order valence-corrected chi connectivity index (χ1v) is 19.6. The van der Waals surface area contributed by atoms with Crippen LogP contribution in [0.2, 0.25) is 0 Å². The van der Waals surface area contributed by atoms with Crippen LogP contribution in [0.3, 0.4) is 0 Å². The molecule has 43 heavy (non-hydrogen) atoms. The quantitative estimate of drug-likeness (QED) is 0.0433. The van der Waals surface area contributed by atoms with E-state index in [1.807, 2.05) is 0 Å². The van der Waals surface area contributed by atoms with Gasteiger partial charge in [0.15, 0.2) is 11.0 Å². The Kier molecular flexibility index (Phi) is 42.4. The number of unbranched alkanes of at least 4 members (excludes halogenated alkanes) is 22. The summed E-state index contributed by atoms with van der Waals surface area (Å²) in [5.74, 6) is 0. The van der Waals surface area contributed by atoms with Crippen LogP contribution in [0.4, 0.5) is 0 Å². The van der Waals surface area contributed by atoms with E-state index in [0.717, 1.165) is 25.7 Å². The predicted octanol–water partition coefficient (Wildman–Crippen LogP) is 11.7. The molecule has 0 aromatic carbocycles. The Labute approximate surface area is 270 Å². The zero-order valence-corrected chi connectivity index (χ0v) is 29.9. The van der Waals surface area contributed by atoms with Crippen LogP contribution >= 0.6 is 8.58 Å². The summed E-state index contributed by atoms with van der Waals surface area (Å²) < 4.78 is 0. The zero-order valence-electron chi connectivity index (χ0n) is 28.9. The Balaban J connectivity index is 0. The van der Waals surface area contributed by atoms with E-state index in [4.69, 9.17) is 10.8 Å². The van der Waals surface area contributed by atoms with Crippen molar-refractivity contribution in [1.29, 1.82) is 0 Å². The van der Waals surface area contributed by atoms with Crippen LogP contribution in [0.1, 0.15) is 194 Å². The van der Waals surface area contributed by atoms with Gasteiger partial charge in [-0.3, -0.25) is 9.59 Å². The second-order valence-corrected chi connectivity index (χ2v) is 13.5. The Morgan fingerprint density at radius 3 is 1.02 bits per heavy atom. The van der Waals surface area contributed by atoms with E-state index < -0.39 is 0 Å². The molecular weight excluding hydrogens is 549 g/mol. The predicted molar refractivity (Wildman–Crippen MR) is 193 cm³/mol.